The Balaban J connectivity index is 1.79. The number of hydrogen-bond donors (Lipinski definition) is 1. The third kappa shape index (κ3) is 3.02. The predicted octanol–water partition coefficient (Wildman–Crippen LogP) is 4.20. The molecule has 0 radical (unpaired) electrons. The molecule has 0 amide bonds. The van der Waals surface area contributed by atoms with Gasteiger partial charge in [0.05, 0.1) is 5.92 Å². The van der Waals surface area contributed by atoms with Gasteiger partial charge < -0.3 is 10.5 Å². The lowest BCUT2D eigenvalue weighted by Gasteiger charge is -2.34. The van der Waals surface area contributed by atoms with Crippen LogP contribution in [-0.4, -0.2) is 5.78 Å². The van der Waals surface area contributed by atoms with Crippen LogP contribution in [0.15, 0.2) is 77.4 Å². The Hall–Kier alpha value is -3.32. The molecule has 0 spiro atoms. The second-order valence-electron chi connectivity index (χ2n) is 7.11. The number of rotatable bonds is 2. The number of aryl methyl sites for hydroxylation is 1. The molecule has 2 aliphatic rings. The van der Waals surface area contributed by atoms with E-state index in [1.807, 2.05) is 61.5 Å². The van der Waals surface area contributed by atoms with Crippen molar-refractivity contribution in [3.05, 3.63) is 94.1 Å². The summed E-state index contributed by atoms with van der Waals surface area (Å²) in [6.07, 6.45) is 1.01. The van der Waals surface area contributed by atoms with Crippen molar-refractivity contribution in [2.75, 3.05) is 0 Å². The molecule has 4 rings (SSSR count). The van der Waals surface area contributed by atoms with E-state index in [9.17, 15) is 10.1 Å². The minimum absolute atomic E-state index is 0.0240. The van der Waals surface area contributed by atoms with E-state index >= 15 is 0 Å². The van der Waals surface area contributed by atoms with Gasteiger partial charge in [-0.15, -0.1) is 0 Å². The minimum atomic E-state index is -0.455. The summed E-state index contributed by atoms with van der Waals surface area (Å²) in [6, 6.07) is 20.0. The van der Waals surface area contributed by atoms with Crippen molar-refractivity contribution in [3.8, 4) is 6.07 Å². The highest BCUT2D eigenvalue weighted by Crippen LogP contribution is 2.46. The third-order valence-electron chi connectivity index (χ3n) is 5.34. The van der Waals surface area contributed by atoms with E-state index in [4.69, 9.17) is 10.5 Å². The van der Waals surface area contributed by atoms with Crippen LogP contribution in [-0.2, 0) is 9.53 Å². The lowest BCUT2D eigenvalue weighted by atomic mass is 9.73. The van der Waals surface area contributed by atoms with Crippen molar-refractivity contribution < 1.29 is 9.53 Å². The van der Waals surface area contributed by atoms with Gasteiger partial charge in [-0.3, -0.25) is 4.79 Å². The molecule has 1 heterocycles. The van der Waals surface area contributed by atoms with Crippen LogP contribution >= 0.6 is 0 Å². The molecule has 0 saturated heterocycles. The fourth-order valence-corrected chi connectivity index (χ4v) is 3.96. The van der Waals surface area contributed by atoms with Crippen molar-refractivity contribution in [1.82, 2.24) is 0 Å². The van der Waals surface area contributed by atoms with Gasteiger partial charge in [0.25, 0.3) is 0 Å². The van der Waals surface area contributed by atoms with Crippen LogP contribution in [0.2, 0.25) is 0 Å². The van der Waals surface area contributed by atoms with Gasteiger partial charge >= 0.3 is 0 Å². The van der Waals surface area contributed by atoms with E-state index in [0.717, 1.165) is 16.7 Å². The van der Waals surface area contributed by atoms with Crippen molar-refractivity contribution in [2.45, 2.75) is 31.6 Å². The van der Waals surface area contributed by atoms with E-state index in [2.05, 4.69) is 6.07 Å². The fourth-order valence-electron chi connectivity index (χ4n) is 3.96. The number of ketones is 1. The number of nitriles is 1. The monoisotopic (exact) mass is 356 g/mol. The Morgan fingerprint density at radius 1 is 1.04 bits per heavy atom. The Labute approximate surface area is 158 Å². The maximum Gasteiger partial charge on any atom is 0.205 e. The maximum absolute atomic E-state index is 13.1. The normalized spacial score (nSPS) is 22.1. The number of benzene rings is 2. The van der Waals surface area contributed by atoms with E-state index in [0.29, 0.717) is 29.7 Å². The molecular formula is C23H20N2O2. The highest BCUT2D eigenvalue weighted by Gasteiger charge is 2.40. The van der Waals surface area contributed by atoms with Crippen molar-refractivity contribution in [2.24, 2.45) is 5.73 Å². The van der Waals surface area contributed by atoms with Crippen LogP contribution in [0, 0.1) is 18.3 Å². The fraction of sp³-hybridized carbons (Fsp3) is 0.217. The molecule has 4 heteroatoms. The standard InChI is InChI=1S/C23H20N2O2/c1-14-7-9-16(10-8-14)21-18(13-24)23(25)27-20-12-17(11-19(26)22(20)21)15-5-3-2-4-6-15/h2-10,17,21H,11-12,25H2,1H3. The average molecular weight is 356 g/mol. The number of hydrogen-bond acceptors (Lipinski definition) is 4. The molecule has 1 aliphatic heterocycles. The van der Waals surface area contributed by atoms with Crippen molar-refractivity contribution >= 4 is 5.78 Å². The van der Waals surface area contributed by atoms with E-state index in [-0.39, 0.29) is 17.6 Å². The van der Waals surface area contributed by atoms with Gasteiger partial charge in [0.1, 0.15) is 17.4 Å². The lowest BCUT2D eigenvalue weighted by Crippen LogP contribution is -2.29. The maximum atomic E-state index is 13.1. The Morgan fingerprint density at radius 2 is 1.74 bits per heavy atom. The Bertz CT molecular complexity index is 995. The van der Waals surface area contributed by atoms with Crippen LogP contribution in [0.5, 0.6) is 0 Å². The molecule has 134 valence electrons. The molecule has 0 saturated carbocycles. The largest absolute Gasteiger partial charge is 0.444 e. The zero-order valence-corrected chi connectivity index (χ0v) is 15.1. The third-order valence-corrected chi connectivity index (χ3v) is 5.34. The topological polar surface area (TPSA) is 76.1 Å². The number of carbonyl (C=O) groups excluding carboxylic acids is 1. The van der Waals surface area contributed by atoms with Crippen molar-refractivity contribution in [1.29, 1.82) is 5.26 Å². The highest BCUT2D eigenvalue weighted by molar-refractivity contribution is 6.00. The molecule has 2 aromatic carbocycles. The number of ether oxygens (including phenoxy) is 1. The Kier molecular flexibility index (Phi) is 4.29. The molecule has 27 heavy (non-hydrogen) atoms. The second kappa shape index (κ2) is 6.77. The first-order valence-electron chi connectivity index (χ1n) is 9.04. The number of nitrogens with zero attached hydrogens (tertiary/aromatic N) is 1. The molecule has 0 bridgehead atoms. The van der Waals surface area contributed by atoms with Crippen LogP contribution < -0.4 is 5.73 Å². The van der Waals surface area contributed by atoms with Crippen molar-refractivity contribution in [3.63, 3.8) is 0 Å². The molecule has 1 aliphatic carbocycles. The lowest BCUT2D eigenvalue weighted by molar-refractivity contribution is -0.117. The van der Waals surface area contributed by atoms with Gasteiger partial charge in [0.15, 0.2) is 5.78 Å². The van der Waals surface area contributed by atoms with Crippen LogP contribution in [0.25, 0.3) is 0 Å². The zero-order valence-electron chi connectivity index (χ0n) is 15.1. The second-order valence-corrected chi connectivity index (χ2v) is 7.11. The summed E-state index contributed by atoms with van der Waals surface area (Å²) >= 11 is 0. The van der Waals surface area contributed by atoms with Gasteiger partial charge in [-0.2, -0.15) is 5.26 Å². The van der Waals surface area contributed by atoms with Gasteiger partial charge in [-0.05, 0) is 24.0 Å². The zero-order chi connectivity index (χ0) is 19.0. The summed E-state index contributed by atoms with van der Waals surface area (Å²) in [4.78, 5) is 13.1. The average Bonchev–Trinajstić information content (AvgIpc) is 2.68. The van der Waals surface area contributed by atoms with Crippen LogP contribution in [0.3, 0.4) is 0 Å². The van der Waals surface area contributed by atoms with Gasteiger partial charge in [-0.25, -0.2) is 0 Å². The molecule has 2 unspecified atom stereocenters. The SMILES string of the molecule is Cc1ccc(C2C(C#N)=C(N)OC3=C2C(=O)CC(c2ccccc2)C3)cc1. The summed E-state index contributed by atoms with van der Waals surface area (Å²) < 4.78 is 5.79. The number of nitrogens with two attached hydrogens (primary N) is 1. The van der Waals surface area contributed by atoms with E-state index in [1.165, 1.54) is 0 Å². The predicted molar refractivity (Wildman–Crippen MR) is 102 cm³/mol. The molecule has 2 N–H and O–H groups in total. The summed E-state index contributed by atoms with van der Waals surface area (Å²) in [6.45, 7) is 2.00. The number of allylic oxidation sites excluding steroid dienone is 3. The molecular weight excluding hydrogens is 336 g/mol. The first kappa shape index (κ1) is 17.1. The quantitative estimate of drug-likeness (QED) is 0.875. The van der Waals surface area contributed by atoms with Crippen LogP contribution in [0.1, 0.15) is 41.4 Å². The van der Waals surface area contributed by atoms with E-state index < -0.39 is 5.92 Å². The first-order chi connectivity index (χ1) is 13.1. The summed E-state index contributed by atoms with van der Waals surface area (Å²) in [5.41, 5.74) is 10.1. The molecule has 2 atom stereocenters. The molecule has 0 fully saturated rings. The molecule has 0 aromatic heterocycles. The smallest absolute Gasteiger partial charge is 0.205 e. The summed E-state index contributed by atoms with van der Waals surface area (Å²) in [7, 11) is 0. The van der Waals surface area contributed by atoms with Gasteiger partial charge in [0.2, 0.25) is 5.88 Å². The molecule has 4 nitrogen and oxygen atoms in total. The number of carbonyl (C=O) groups is 1. The Morgan fingerprint density at radius 3 is 2.41 bits per heavy atom. The summed E-state index contributed by atoms with van der Waals surface area (Å²) in [5.74, 6) is 0.331. The summed E-state index contributed by atoms with van der Waals surface area (Å²) in [5, 5.41) is 9.65. The van der Waals surface area contributed by atoms with Gasteiger partial charge in [-0.1, -0.05) is 60.2 Å². The highest BCUT2D eigenvalue weighted by atomic mass is 16.5. The first-order valence-corrected chi connectivity index (χ1v) is 9.04. The van der Waals surface area contributed by atoms with E-state index in [1.54, 1.807) is 0 Å². The molecule has 2 aromatic rings. The van der Waals surface area contributed by atoms with Crippen LogP contribution in [0.4, 0.5) is 0 Å². The van der Waals surface area contributed by atoms with Gasteiger partial charge in [0, 0.05) is 18.4 Å². The minimum Gasteiger partial charge on any atom is -0.444 e. The number of Topliss-reactive ketones (excluding diaryl/α,β-unsaturated/α-hetero) is 1.